The van der Waals surface area contributed by atoms with Gasteiger partial charge in [0.2, 0.25) is 0 Å². The molecule has 0 saturated heterocycles. The summed E-state index contributed by atoms with van der Waals surface area (Å²) >= 11 is 0. The largest absolute Gasteiger partial charge is 0.379 e. The molecule has 1 aliphatic carbocycles. The molecule has 0 spiro atoms. The first kappa shape index (κ1) is 13.6. The Morgan fingerprint density at radius 1 is 1.50 bits per heavy atom. The predicted molar refractivity (Wildman–Crippen MR) is 72.5 cm³/mol. The Bertz CT molecular complexity index is 394. The van der Waals surface area contributed by atoms with Crippen molar-refractivity contribution < 1.29 is 4.74 Å². The number of nitrogens with one attached hydrogen (secondary N) is 1. The Morgan fingerprint density at radius 2 is 2.22 bits per heavy atom. The maximum Gasteiger partial charge on any atom is 0.105 e. The lowest BCUT2D eigenvalue weighted by Crippen LogP contribution is -2.26. The predicted octanol–water partition coefficient (Wildman–Crippen LogP) is 2.26. The van der Waals surface area contributed by atoms with E-state index >= 15 is 0 Å². The van der Waals surface area contributed by atoms with Crippen molar-refractivity contribution in [1.82, 2.24) is 14.9 Å². The number of aromatic nitrogens is 2. The second kappa shape index (κ2) is 5.41. The van der Waals surface area contributed by atoms with E-state index in [1.807, 2.05) is 6.20 Å². The first-order chi connectivity index (χ1) is 8.52. The van der Waals surface area contributed by atoms with Crippen LogP contribution < -0.4 is 5.32 Å². The summed E-state index contributed by atoms with van der Waals surface area (Å²) in [6.45, 7) is 8.22. The monoisotopic (exact) mass is 251 g/mol. The highest BCUT2D eigenvalue weighted by atomic mass is 16.5. The van der Waals surface area contributed by atoms with Crippen LogP contribution in [0, 0.1) is 6.92 Å². The second-order valence-electron chi connectivity index (χ2n) is 5.82. The standard InChI is InChI=1S/C14H25N3O/c1-11-15-9-13(10-16-12-5-6-12)17(11)8-7-14(2,3)18-4/h9,12,16H,5-8,10H2,1-4H3. The fourth-order valence-electron chi connectivity index (χ4n) is 1.98. The molecule has 1 saturated carbocycles. The molecule has 1 heterocycles. The van der Waals surface area contributed by atoms with E-state index in [9.17, 15) is 0 Å². The van der Waals surface area contributed by atoms with Crippen molar-refractivity contribution in [2.24, 2.45) is 0 Å². The number of ether oxygens (including phenoxy) is 1. The first-order valence-electron chi connectivity index (χ1n) is 6.81. The van der Waals surface area contributed by atoms with Crippen molar-refractivity contribution in [2.45, 2.75) is 64.8 Å². The van der Waals surface area contributed by atoms with Gasteiger partial charge in [-0.05, 0) is 40.0 Å². The van der Waals surface area contributed by atoms with Crippen molar-refractivity contribution in [2.75, 3.05) is 7.11 Å². The molecule has 1 aromatic rings. The Balaban J connectivity index is 1.94. The molecule has 1 fully saturated rings. The topological polar surface area (TPSA) is 39.1 Å². The second-order valence-corrected chi connectivity index (χ2v) is 5.82. The molecule has 102 valence electrons. The molecule has 18 heavy (non-hydrogen) atoms. The van der Waals surface area contributed by atoms with Crippen molar-refractivity contribution in [3.05, 3.63) is 17.7 Å². The molecule has 0 radical (unpaired) electrons. The van der Waals surface area contributed by atoms with Crippen LogP contribution >= 0.6 is 0 Å². The third kappa shape index (κ3) is 3.56. The fraction of sp³-hybridized carbons (Fsp3) is 0.786. The van der Waals surface area contributed by atoms with Crippen LogP contribution in [0.15, 0.2) is 6.20 Å². The van der Waals surface area contributed by atoms with E-state index in [4.69, 9.17) is 4.74 Å². The van der Waals surface area contributed by atoms with E-state index in [2.05, 4.69) is 35.6 Å². The number of rotatable bonds is 7. The SMILES string of the molecule is COC(C)(C)CCn1c(CNC2CC2)cnc1C. The number of aryl methyl sites for hydroxylation is 1. The van der Waals surface area contributed by atoms with Crippen LogP contribution in [0.2, 0.25) is 0 Å². The van der Waals surface area contributed by atoms with Gasteiger partial charge in [0.05, 0.1) is 11.3 Å². The quantitative estimate of drug-likeness (QED) is 0.808. The minimum Gasteiger partial charge on any atom is -0.379 e. The minimum absolute atomic E-state index is 0.0715. The molecular formula is C14H25N3O. The number of hydrogen-bond acceptors (Lipinski definition) is 3. The van der Waals surface area contributed by atoms with Crippen LogP contribution in [0.3, 0.4) is 0 Å². The van der Waals surface area contributed by atoms with Gasteiger partial charge in [0.15, 0.2) is 0 Å². The highest BCUT2D eigenvalue weighted by Gasteiger charge is 2.21. The lowest BCUT2D eigenvalue weighted by atomic mass is 10.1. The van der Waals surface area contributed by atoms with Crippen LogP contribution in [0.25, 0.3) is 0 Å². The molecule has 0 amide bonds. The van der Waals surface area contributed by atoms with E-state index in [0.29, 0.717) is 0 Å². The van der Waals surface area contributed by atoms with Gasteiger partial charge in [0.1, 0.15) is 5.82 Å². The molecule has 1 aliphatic rings. The zero-order chi connectivity index (χ0) is 13.2. The first-order valence-corrected chi connectivity index (χ1v) is 6.81. The third-order valence-electron chi connectivity index (χ3n) is 3.78. The molecule has 1 aromatic heterocycles. The number of methoxy groups -OCH3 is 1. The van der Waals surface area contributed by atoms with E-state index in [1.165, 1.54) is 18.5 Å². The van der Waals surface area contributed by atoms with Gasteiger partial charge in [-0.1, -0.05) is 0 Å². The summed E-state index contributed by atoms with van der Waals surface area (Å²) in [4.78, 5) is 4.42. The molecular weight excluding hydrogens is 226 g/mol. The number of nitrogens with zero attached hydrogens (tertiary/aromatic N) is 2. The lowest BCUT2D eigenvalue weighted by molar-refractivity contribution is 0.0118. The summed E-state index contributed by atoms with van der Waals surface area (Å²) in [5.74, 6) is 1.09. The molecule has 0 bridgehead atoms. The summed E-state index contributed by atoms with van der Waals surface area (Å²) < 4.78 is 7.78. The molecule has 0 aromatic carbocycles. The van der Waals surface area contributed by atoms with Gasteiger partial charge in [-0.3, -0.25) is 0 Å². The van der Waals surface area contributed by atoms with Gasteiger partial charge >= 0.3 is 0 Å². The highest BCUT2D eigenvalue weighted by Crippen LogP contribution is 2.20. The minimum atomic E-state index is -0.0715. The average Bonchev–Trinajstić information content (AvgIpc) is 3.10. The summed E-state index contributed by atoms with van der Waals surface area (Å²) in [6, 6.07) is 0.740. The molecule has 0 aliphatic heterocycles. The maximum atomic E-state index is 5.47. The van der Waals surface area contributed by atoms with E-state index in [-0.39, 0.29) is 5.60 Å². The van der Waals surface area contributed by atoms with Gasteiger partial charge in [-0.15, -0.1) is 0 Å². The molecule has 2 rings (SSSR count). The van der Waals surface area contributed by atoms with Crippen LogP contribution in [0.5, 0.6) is 0 Å². The fourth-order valence-corrected chi connectivity index (χ4v) is 1.98. The van der Waals surface area contributed by atoms with Crippen molar-refractivity contribution in [3.8, 4) is 0 Å². The summed E-state index contributed by atoms with van der Waals surface area (Å²) in [6.07, 6.45) is 5.63. The summed E-state index contributed by atoms with van der Waals surface area (Å²) in [5.41, 5.74) is 1.21. The van der Waals surface area contributed by atoms with E-state index in [0.717, 1.165) is 31.4 Å². The normalized spacial score (nSPS) is 16.2. The number of imidazole rings is 1. The smallest absolute Gasteiger partial charge is 0.105 e. The average molecular weight is 251 g/mol. The van der Waals surface area contributed by atoms with Gasteiger partial charge in [0.25, 0.3) is 0 Å². The Kier molecular flexibility index (Phi) is 4.07. The van der Waals surface area contributed by atoms with Crippen LogP contribution in [0.4, 0.5) is 0 Å². The lowest BCUT2D eigenvalue weighted by Gasteiger charge is -2.24. The maximum absolute atomic E-state index is 5.47. The molecule has 1 N–H and O–H groups in total. The van der Waals surface area contributed by atoms with Crippen LogP contribution in [-0.4, -0.2) is 28.3 Å². The van der Waals surface area contributed by atoms with Crippen LogP contribution in [-0.2, 0) is 17.8 Å². The van der Waals surface area contributed by atoms with Gasteiger partial charge in [0, 0.05) is 32.4 Å². The Labute approximate surface area is 110 Å². The summed E-state index contributed by atoms with van der Waals surface area (Å²) in [5, 5.41) is 3.55. The summed E-state index contributed by atoms with van der Waals surface area (Å²) in [7, 11) is 1.77. The molecule has 4 nitrogen and oxygen atoms in total. The van der Waals surface area contributed by atoms with E-state index in [1.54, 1.807) is 7.11 Å². The van der Waals surface area contributed by atoms with Gasteiger partial charge < -0.3 is 14.6 Å². The Morgan fingerprint density at radius 3 is 2.83 bits per heavy atom. The molecule has 0 unspecified atom stereocenters. The van der Waals surface area contributed by atoms with Crippen molar-refractivity contribution in [1.29, 1.82) is 0 Å². The van der Waals surface area contributed by atoms with Gasteiger partial charge in [-0.25, -0.2) is 4.98 Å². The van der Waals surface area contributed by atoms with Gasteiger partial charge in [-0.2, -0.15) is 0 Å². The van der Waals surface area contributed by atoms with E-state index < -0.39 is 0 Å². The Hall–Kier alpha value is -0.870. The molecule has 4 heteroatoms. The van der Waals surface area contributed by atoms with Crippen LogP contribution in [0.1, 0.15) is 44.6 Å². The third-order valence-corrected chi connectivity index (χ3v) is 3.78. The number of hydrogen-bond donors (Lipinski definition) is 1. The zero-order valence-corrected chi connectivity index (χ0v) is 12.0. The van der Waals surface area contributed by atoms with Crippen molar-refractivity contribution in [3.63, 3.8) is 0 Å². The molecule has 0 atom stereocenters. The highest BCUT2D eigenvalue weighted by molar-refractivity contribution is 5.05. The van der Waals surface area contributed by atoms with Crippen molar-refractivity contribution >= 4 is 0 Å². The zero-order valence-electron chi connectivity index (χ0n) is 12.0.